The molecule has 0 spiro atoms. The Labute approximate surface area is 294 Å². The number of amides is 1. The molecule has 3 aromatic heterocycles. The zero-order valence-corrected chi connectivity index (χ0v) is 29.3. The van der Waals surface area contributed by atoms with Gasteiger partial charge in [-0.3, -0.25) is 19.9 Å². The highest BCUT2D eigenvalue weighted by Crippen LogP contribution is 2.46. The molecule has 0 atom stereocenters. The van der Waals surface area contributed by atoms with E-state index < -0.39 is 17.6 Å². The minimum absolute atomic E-state index is 0.0691. The third kappa shape index (κ3) is 8.11. The van der Waals surface area contributed by atoms with Crippen LogP contribution in [0.4, 0.5) is 24.8 Å². The van der Waals surface area contributed by atoms with Gasteiger partial charge < -0.3 is 24.1 Å². The summed E-state index contributed by atoms with van der Waals surface area (Å²) in [4.78, 5) is 44.1. The first-order valence-corrected chi connectivity index (χ1v) is 17.3. The molecule has 4 aromatic rings. The molecule has 2 aliphatic carbocycles. The lowest BCUT2D eigenvalue weighted by Gasteiger charge is -2.34. The van der Waals surface area contributed by atoms with Crippen LogP contribution in [0.3, 0.4) is 0 Å². The number of halogens is 3. The van der Waals surface area contributed by atoms with Crippen LogP contribution in [0, 0.1) is 5.41 Å². The number of fused-ring (bicyclic) bond motifs is 1. The second-order valence-corrected chi connectivity index (χ2v) is 13.5. The number of aryl methyl sites for hydroxylation is 1. The molecule has 0 saturated heterocycles. The maximum atomic E-state index is 14.2. The summed E-state index contributed by atoms with van der Waals surface area (Å²) in [5.74, 6) is -0.581. The standard InChI is InChI=1S/C37H43F3N6O5/c1-5-51-30(47)13-9-22-8-12-25(29(16-22)50-4)34(48)45-35-43-32-28(46(2)20-36(21-49-3)14-6-7-15-36)18-27(42-33(32)44-35)24-17-26(37(38,39)40)31(41-19-24)23-10-11-23/h8,12,16-19,23H,5-7,9-11,13-15,20-21H2,1-4H3,(H2,42,43,44,45,48). The number of aromatic nitrogens is 4. The van der Waals surface area contributed by atoms with Crippen molar-refractivity contribution >= 4 is 34.7 Å². The second kappa shape index (κ2) is 14.9. The Hall–Kier alpha value is -4.72. The fraction of sp³-hybridized carbons (Fsp3) is 0.486. The van der Waals surface area contributed by atoms with Crippen LogP contribution in [0.5, 0.6) is 5.75 Å². The van der Waals surface area contributed by atoms with Crippen LogP contribution in [0.15, 0.2) is 36.5 Å². The van der Waals surface area contributed by atoms with Crippen molar-refractivity contribution in [2.24, 2.45) is 5.41 Å². The van der Waals surface area contributed by atoms with E-state index in [-0.39, 0.29) is 57.8 Å². The number of hydrogen-bond acceptors (Lipinski definition) is 9. The topological polar surface area (TPSA) is 132 Å². The molecule has 11 nitrogen and oxygen atoms in total. The number of hydrogen-bond donors (Lipinski definition) is 2. The Morgan fingerprint density at radius 2 is 1.86 bits per heavy atom. The zero-order valence-electron chi connectivity index (χ0n) is 29.3. The number of benzene rings is 1. The number of imidazole rings is 1. The molecule has 0 aliphatic heterocycles. The Morgan fingerprint density at radius 1 is 1.10 bits per heavy atom. The fourth-order valence-electron chi connectivity index (χ4n) is 7.10. The van der Waals surface area contributed by atoms with E-state index in [2.05, 4.69) is 30.2 Å². The lowest BCUT2D eigenvalue weighted by Crippen LogP contribution is -2.37. The van der Waals surface area contributed by atoms with Gasteiger partial charge in [0.25, 0.3) is 5.91 Å². The molecular formula is C37H43F3N6O5. The van der Waals surface area contributed by atoms with Gasteiger partial charge in [0.2, 0.25) is 5.95 Å². The highest BCUT2D eigenvalue weighted by atomic mass is 19.4. The SMILES string of the molecule is CCOC(=O)CCc1ccc(C(=O)Nc2nc3nc(-c4cnc(C5CC5)c(C(F)(F)F)c4)cc(N(C)CC4(COC)CCCC4)c3[nH]2)c(OC)c1. The van der Waals surface area contributed by atoms with Crippen LogP contribution >= 0.6 is 0 Å². The van der Waals surface area contributed by atoms with E-state index in [9.17, 15) is 22.8 Å². The van der Waals surface area contributed by atoms with Crippen molar-refractivity contribution in [2.45, 2.75) is 70.4 Å². The molecule has 2 fully saturated rings. The van der Waals surface area contributed by atoms with Crippen LogP contribution in [-0.4, -0.2) is 72.8 Å². The number of ether oxygens (including phenoxy) is 3. The molecule has 2 N–H and O–H groups in total. The van der Waals surface area contributed by atoms with Crippen molar-refractivity contribution in [3.8, 4) is 17.0 Å². The summed E-state index contributed by atoms with van der Waals surface area (Å²) in [5.41, 5.74) is 2.17. The molecular weight excluding hydrogens is 665 g/mol. The number of anilines is 2. The van der Waals surface area contributed by atoms with Crippen molar-refractivity contribution in [3.05, 3.63) is 58.9 Å². The van der Waals surface area contributed by atoms with Gasteiger partial charge in [0, 0.05) is 50.2 Å². The monoisotopic (exact) mass is 708 g/mol. The van der Waals surface area contributed by atoms with Gasteiger partial charge >= 0.3 is 12.1 Å². The number of rotatable bonds is 14. The number of aromatic amines is 1. The smallest absolute Gasteiger partial charge is 0.418 e. The number of nitrogens with zero attached hydrogens (tertiary/aromatic N) is 4. The zero-order chi connectivity index (χ0) is 36.3. The van der Waals surface area contributed by atoms with E-state index in [0.717, 1.165) is 37.3 Å². The number of alkyl halides is 3. The largest absolute Gasteiger partial charge is 0.496 e. The molecule has 0 bridgehead atoms. The lowest BCUT2D eigenvalue weighted by atomic mass is 9.86. The third-order valence-electron chi connectivity index (χ3n) is 9.69. The summed E-state index contributed by atoms with van der Waals surface area (Å²) >= 11 is 0. The summed E-state index contributed by atoms with van der Waals surface area (Å²) < 4.78 is 58.8. The van der Waals surface area contributed by atoms with Crippen LogP contribution in [0.1, 0.15) is 85.0 Å². The Balaban J connectivity index is 1.35. The van der Waals surface area contributed by atoms with Gasteiger partial charge in [0.05, 0.1) is 48.5 Å². The molecule has 2 saturated carbocycles. The molecule has 51 heavy (non-hydrogen) atoms. The predicted molar refractivity (Wildman–Crippen MR) is 186 cm³/mol. The van der Waals surface area contributed by atoms with Crippen LogP contribution < -0.4 is 15.0 Å². The van der Waals surface area contributed by atoms with E-state index in [1.807, 2.05) is 7.05 Å². The highest BCUT2D eigenvalue weighted by Gasteiger charge is 2.40. The minimum Gasteiger partial charge on any atom is -0.496 e. The summed E-state index contributed by atoms with van der Waals surface area (Å²) in [6, 6.07) is 7.92. The fourth-order valence-corrected chi connectivity index (χ4v) is 7.10. The van der Waals surface area contributed by atoms with Gasteiger partial charge in [0.1, 0.15) is 11.3 Å². The highest BCUT2D eigenvalue weighted by molar-refractivity contribution is 6.06. The molecule has 2 aliphatic rings. The summed E-state index contributed by atoms with van der Waals surface area (Å²) in [6.07, 6.45) is 3.01. The second-order valence-electron chi connectivity index (χ2n) is 13.5. The van der Waals surface area contributed by atoms with Gasteiger partial charge in [-0.2, -0.15) is 18.2 Å². The van der Waals surface area contributed by atoms with Gasteiger partial charge in [-0.1, -0.05) is 18.9 Å². The van der Waals surface area contributed by atoms with Gasteiger partial charge in [-0.15, -0.1) is 0 Å². The molecule has 0 unspecified atom stereocenters. The molecule has 3 heterocycles. The van der Waals surface area contributed by atoms with Crippen LogP contribution in [0.25, 0.3) is 22.4 Å². The summed E-state index contributed by atoms with van der Waals surface area (Å²) in [6.45, 7) is 3.26. The molecule has 6 rings (SSSR count). The molecule has 14 heteroatoms. The van der Waals surface area contributed by atoms with Gasteiger partial charge in [-0.05, 0) is 68.9 Å². The first-order chi connectivity index (χ1) is 24.4. The number of pyridine rings is 2. The summed E-state index contributed by atoms with van der Waals surface area (Å²) in [5, 5.41) is 2.79. The number of methoxy groups -OCH3 is 2. The van der Waals surface area contributed by atoms with Crippen molar-refractivity contribution in [1.29, 1.82) is 0 Å². The maximum absolute atomic E-state index is 14.2. The summed E-state index contributed by atoms with van der Waals surface area (Å²) in [7, 11) is 5.07. The van der Waals surface area contributed by atoms with E-state index in [1.165, 1.54) is 13.3 Å². The molecule has 0 radical (unpaired) electrons. The van der Waals surface area contributed by atoms with E-state index in [0.29, 0.717) is 56.0 Å². The molecule has 1 aromatic carbocycles. The number of nitrogens with one attached hydrogen (secondary N) is 2. The van der Waals surface area contributed by atoms with Gasteiger partial charge in [0.15, 0.2) is 5.65 Å². The van der Waals surface area contributed by atoms with Crippen molar-refractivity contribution in [1.82, 2.24) is 19.9 Å². The predicted octanol–water partition coefficient (Wildman–Crippen LogP) is 7.32. The van der Waals surface area contributed by atoms with Crippen molar-refractivity contribution in [3.63, 3.8) is 0 Å². The molecule has 272 valence electrons. The van der Waals surface area contributed by atoms with Gasteiger partial charge in [-0.25, -0.2) is 4.98 Å². The Kier molecular flexibility index (Phi) is 10.5. The lowest BCUT2D eigenvalue weighted by molar-refractivity contribution is -0.143. The first kappa shape index (κ1) is 36.1. The number of carbonyl (C=O) groups is 2. The number of carbonyl (C=O) groups excluding carboxylic acids is 2. The molecule has 1 amide bonds. The van der Waals surface area contributed by atoms with Crippen molar-refractivity contribution < 1.29 is 37.0 Å². The van der Waals surface area contributed by atoms with Crippen LogP contribution in [-0.2, 0) is 26.9 Å². The van der Waals surface area contributed by atoms with E-state index >= 15 is 0 Å². The normalized spacial score (nSPS) is 15.6. The quantitative estimate of drug-likeness (QED) is 0.129. The average Bonchev–Trinajstić information content (AvgIpc) is 3.72. The third-order valence-corrected chi connectivity index (χ3v) is 9.69. The minimum atomic E-state index is -4.57. The average molecular weight is 709 g/mol. The van der Waals surface area contributed by atoms with Crippen LogP contribution in [0.2, 0.25) is 0 Å². The Bertz CT molecular complexity index is 1900. The number of esters is 1. The Morgan fingerprint density at radius 3 is 2.53 bits per heavy atom. The number of H-pyrrole nitrogens is 1. The first-order valence-electron chi connectivity index (χ1n) is 17.3. The van der Waals surface area contributed by atoms with Crippen molar-refractivity contribution in [2.75, 3.05) is 51.2 Å². The maximum Gasteiger partial charge on any atom is 0.418 e. The van der Waals surface area contributed by atoms with E-state index in [4.69, 9.17) is 14.2 Å². The van der Waals surface area contributed by atoms with E-state index in [1.54, 1.807) is 38.3 Å².